The zero-order valence-corrected chi connectivity index (χ0v) is 13.2. The van der Waals surface area contributed by atoms with Crippen molar-refractivity contribution in [1.82, 2.24) is 4.90 Å². The molecule has 1 nitrogen and oxygen atoms in total. The first-order valence-corrected chi connectivity index (χ1v) is 7.93. The van der Waals surface area contributed by atoms with Crippen LogP contribution < -0.4 is 0 Å². The second-order valence-electron chi connectivity index (χ2n) is 6.66. The van der Waals surface area contributed by atoms with Gasteiger partial charge in [-0.2, -0.15) is 12.6 Å². The monoisotopic (exact) mass is 257 g/mol. The van der Waals surface area contributed by atoms with Crippen LogP contribution in [0.4, 0.5) is 0 Å². The number of rotatable bonds is 5. The molecule has 0 saturated carbocycles. The van der Waals surface area contributed by atoms with Crippen molar-refractivity contribution in [3.05, 3.63) is 0 Å². The maximum atomic E-state index is 4.60. The molecule has 0 spiro atoms. The van der Waals surface area contributed by atoms with Gasteiger partial charge >= 0.3 is 0 Å². The third kappa shape index (κ3) is 4.48. The molecule has 0 aromatic carbocycles. The van der Waals surface area contributed by atoms with E-state index in [0.717, 1.165) is 5.75 Å². The minimum absolute atomic E-state index is 0.442. The Balaban J connectivity index is 2.56. The zero-order valence-electron chi connectivity index (χ0n) is 12.3. The fraction of sp³-hybridized carbons (Fsp3) is 1.00. The van der Waals surface area contributed by atoms with E-state index in [1.54, 1.807) is 0 Å². The Kier molecular flexibility index (Phi) is 5.85. The van der Waals surface area contributed by atoms with Crippen molar-refractivity contribution in [2.24, 2.45) is 10.8 Å². The van der Waals surface area contributed by atoms with Crippen LogP contribution in [-0.4, -0.2) is 30.3 Å². The van der Waals surface area contributed by atoms with Crippen LogP contribution in [0.3, 0.4) is 0 Å². The van der Waals surface area contributed by atoms with E-state index in [4.69, 9.17) is 0 Å². The third-order valence-electron chi connectivity index (χ3n) is 4.83. The summed E-state index contributed by atoms with van der Waals surface area (Å²) in [5.74, 6) is 1.03. The summed E-state index contributed by atoms with van der Waals surface area (Å²) in [7, 11) is 0. The summed E-state index contributed by atoms with van der Waals surface area (Å²) in [5.41, 5.74) is 0.994. The van der Waals surface area contributed by atoms with Crippen LogP contribution in [0.1, 0.15) is 59.8 Å². The number of likely N-dealkylation sites (tertiary alicyclic amines) is 1. The summed E-state index contributed by atoms with van der Waals surface area (Å²) in [5, 5.41) is 0. The Bertz CT molecular complexity index is 213. The SMILES string of the molecule is CCC(CC)(CS)CN1CCCC(C)(C)CC1. The molecule has 0 aromatic rings. The highest BCUT2D eigenvalue weighted by Crippen LogP contribution is 2.33. The average Bonchev–Trinajstić information content (AvgIpc) is 2.48. The molecular formula is C15H31NS. The van der Waals surface area contributed by atoms with E-state index < -0.39 is 0 Å². The second-order valence-corrected chi connectivity index (χ2v) is 6.98. The lowest BCUT2D eigenvalue weighted by atomic mass is 9.83. The molecule has 0 radical (unpaired) electrons. The van der Waals surface area contributed by atoms with E-state index in [-0.39, 0.29) is 0 Å². The first kappa shape index (κ1) is 15.4. The van der Waals surface area contributed by atoms with Gasteiger partial charge in [-0.15, -0.1) is 0 Å². The Labute approximate surface area is 114 Å². The summed E-state index contributed by atoms with van der Waals surface area (Å²) in [6.45, 7) is 13.3. The molecule has 0 atom stereocenters. The molecule has 1 saturated heterocycles. The predicted octanol–water partition coefficient (Wildman–Crippen LogP) is 4.23. The predicted molar refractivity (Wildman–Crippen MR) is 80.9 cm³/mol. The molecule has 1 rings (SSSR count). The molecule has 0 unspecified atom stereocenters. The number of hydrogen-bond donors (Lipinski definition) is 1. The fourth-order valence-corrected chi connectivity index (χ4v) is 3.41. The molecule has 0 aliphatic carbocycles. The van der Waals surface area contributed by atoms with Crippen molar-refractivity contribution in [3.63, 3.8) is 0 Å². The standard InChI is InChI=1S/C15H31NS/c1-5-15(6-2,13-17)12-16-10-7-8-14(3,4)9-11-16/h17H,5-13H2,1-4H3. The summed E-state index contributed by atoms with van der Waals surface area (Å²) in [6, 6.07) is 0. The minimum atomic E-state index is 0.442. The van der Waals surface area contributed by atoms with E-state index in [9.17, 15) is 0 Å². The lowest BCUT2D eigenvalue weighted by Crippen LogP contribution is -2.39. The number of nitrogens with zero attached hydrogens (tertiary/aromatic N) is 1. The van der Waals surface area contributed by atoms with Gasteiger partial charge in [-0.1, -0.05) is 27.7 Å². The Morgan fingerprint density at radius 3 is 2.29 bits per heavy atom. The van der Waals surface area contributed by atoms with E-state index in [0.29, 0.717) is 10.8 Å². The number of thiol groups is 1. The maximum absolute atomic E-state index is 4.60. The quantitative estimate of drug-likeness (QED) is 0.721. The Morgan fingerprint density at radius 2 is 1.76 bits per heavy atom. The molecule has 0 amide bonds. The van der Waals surface area contributed by atoms with Crippen molar-refractivity contribution < 1.29 is 0 Å². The molecule has 0 bridgehead atoms. The van der Waals surface area contributed by atoms with Gasteiger partial charge in [0.2, 0.25) is 0 Å². The molecule has 0 N–H and O–H groups in total. The van der Waals surface area contributed by atoms with Gasteiger partial charge in [-0.25, -0.2) is 0 Å². The van der Waals surface area contributed by atoms with Crippen molar-refractivity contribution in [2.75, 3.05) is 25.4 Å². The molecule has 1 heterocycles. The first-order valence-electron chi connectivity index (χ1n) is 7.30. The van der Waals surface area contributed by atoms with Gasteiger partial charge in [0.05, 0.1) is 0 Å². The smallest absolute Gasteiger partial charge is 0.00456 e. The van der Waals surface area contributed by atoms with Gasteiger partial charge in [0, 0.05) is 6.54 Å². The molecule has 2 heteroatoms. The Morgan fingerprint density at radius 1 is 1.12 bits per heavy atom. The molecule has 1 aliphatic heterocycles. The Hall–Kier alpha value is 0.310. The van der Waals surface area contributed by atoms with Gasteiger partial charge < -0.3 is 4.90 Å². The van der Waals surface area contributed by atoms with Gasteiger partial charge in [0.1, 0.15) is 0 Å². The average molecular weight is 257 g/mol. The van der Waals surface area contributed by atoms with Crippen LogP contribution >= 0.6 is 12.6 Å². The van der Waals surface area contributed by atoms with Crippen molar-refractivity contribution in [1.29, 1.82) is 0 Å². The molecule has 1 aliphatic rings. The molecule has 1 fully saturated rings. The lowest BCUT2D eigenvalue weighted by molar-refractivity contribution is 0.157. The van der Waals surface area contributed by atoms with E-state index in [1.807, 2.05) is 0 Å². The van der Waals surface area contributed by atoms with E-state index >= 15 is 0 Å². The topological polar surface area (TPSA) is 3.24 Å². The highest BCUT2D eigenvalue weighted by atomic mass is 32.1. The maximum Gasteiger partial charge on any atom is 0.00456 e. The lowest BCUT2D eigenvalue weighted by Gasteiger charge is -2.36. The third-order valence-corrected chi connectivity index (χ3v) is 5.50. The van der Waals surface area contributed by atoms with Crippen LogP contribution in [-0.2, 0) is 0 Å². The van der Waals surface area contributed by atoms with Crippen molar-refractivity contribution >= 4 is 12.6 Å². The number of hydrogen-bond acceptors (Lipinski definition) is 2. The van der Waals surface area contributed by atoms with Gasteiger partial charge in [0.25, 0.3) is 0 Å². The summed E-state index contributed by atoms with van der Waals surface area (Å²) in [4.78, 5) is 2.69. The zero-order chi connectivity index (χ0) is 12.9. The van der Waals surface area contributed by atoms with Crippen molar-refractivity contribution in [2.45, 2.75) is 59.8 Å². The summed E-state index contributed by atoms with van der Waals surface area (Å²) >= 11 is 4.60. The van der Waals surface area contributed by atoms with Crippen LogP contribution in [0.5, 0.6) is 0 Å². The minimum Gasteiger partial charge on any atom is -0.303 e. The van der Waals surface area contributed by atoms with Crippen molar-refractivity contribution in [3.8, 4) is 0 Å². The van der Waals surface area contributed by atoms with Crippen LogP contribution in [0.15, 0.2) is 0 Å². The largest absolute Gasteiger partial charge is 0.303 e. The van der Waals surface area contributed by atoms with Gasteiger partial charge in [-0.3, -0.25) is 0 Å². The highest BCUT2D eigenvalue weighted by molar-refractivity contribution is 7.80. The first-order chi connectivity index (χ1) is 7.97. The molecular weight excluding hydrogens is 226 g/mol. The summed E-state index contributed by atoms with van der Waals surface area (Å²) < 4.78 is 0. The second kappa shape index (κ2) is 6.47. The molecule has 0 aromatic heterocycles. The van der Waals surface area contributed by atoms with Crippen LogP contribution in [0.2, 0.25) is 0 Å². The molecule has 102 valence electrons. The van der Waals surface area contributed by atoms with Gasteiger partial charge in [-0.05, 0) is 61.8 Å². The van der Waals surface area contributed by atoms with Crippen LogP contribution in [0.25, 0.3) is 0 Å². The fourth-order valence-electron chi connectivity index (χ4n) is 2.86. The molecule has 17 heavy (non-hydrogen) atoms. The van der Waals surface area contributed by atoms with E-state index in [2.05, 4.69) is 45.2 Å². The normalized spacial score (nSPS) is 22.4. The van der Waals surface area contributed by atoms with Gasteiger partial charge in [0.15, 0.2) is 0 Å². The van der Waals surface area contributed by atoms with Crippen LogP contribution in [0, 0.1) is 10.8 Å². The summed E-state index contributed by atoms with van der Waals surface area (Å²) in [6.07, 6.45) is 6.61. The highest BCUT2D eigenvalue weighted by Gasteiger charge is 2.30. The van der Waals surface area contributed by atoms with E-state index in [1.165, 1.54) is 51.7 Å².